The predicted octanol–water partition coefficient (Wildman–Crippen LogP) is 1.78. The van der Waals surface area contributed by atoms with Crippen LogP contribution in [0.4, 0.5) is 8.78 Å². The molecule has 1 aliphatic carbocycles. The summed E-state index contributed by atoms with van der Waals surface area (Å²) in [6.45, 7) is 1.05. The van der Waals surface area contributed by atoms with Crippen LogP contribution in [0.3, 0.4) is 0 Å². The fourth-order valence-electron chi connectivity index (χ4n) is 3.05. The highest BCUT2D eigenvalue weighted by atomic mass is 19.1. The summed E-state index contributed by atoms with van der Waals surface area (Å²) in [4.78, 5) is 24.1. The summed E-state index contributed by atoms with van der Waals surface area (Å²) >= 11 is 0. The van der Waals surface area contributed by atoms with E-state index in [0.717, 1.165) is 31.7 Å². The monoisotopic (exact) mass is 326 g/mol. The molecule has 0 radical (unpaired) electrons. The number of carbonyl (C=O) groups is 2. The SMILES string of the molecule is Fc1cccc(F)c1.O=C(O)CN1CCNC2(CCCC2)C1=O. The molecule has 1 aromatic carbocycles. The Balaban J connectivity index is 0.000000203. The molecule has 1 amide bonds. The van der Waals surface area contributed by atoms with Gasteiger partial charge in [0.15, 0.2) is 0 Å². The van der Waals surface area contributed by atoms with Crippen molar-refractivity contribution in [2.75, 3.05) is 19.6 Å². The molecule has 126 valence electrons. The third-order valence-electron chi connectivity index (χ3n) is 4.11. The number of nitrogens with zero attached hydrogens (tertiary/aromatic N) is 1. The minimum absolute atomic E-state index is 0.0198. The van der Waals surface area contributed by atoms with Gasteiger partial charge in [0, 0.05) is 19.2 Å². The van der Waals surface area contributed by atoms with Gasteiger partial charge in [-0.3, -0.25) is 9.59 Å². The van der Waals surface area contributed by atoms with Gasteiger partial charge in [0.2, 0.25) is 5.91 Å². The van der Waals surface area contributed by atoms with E-state index in [-0.39, 0.29) is 12.5 Å². The Labute approximate surface area is 133 Å². The van der Waals surface area contributed by atoms with Crippen molar-refractivity contribution in [2.24, 2.45) is 0 Å². The molecule has 2 N–H and O–H groups in total. The van der Waals surface area contributed by atoms with Crippen molar-refractivity contribution in [3.63, 3.8) is 0 Å². The fourth-order valence-corrected chi connectivity index (χ4v) is 3.05. The van der Waals surface area contributed by atoms with Gasteiger partial charge < -0.3 is 15.3 Å². The van der Waals surface area contributed by atoms with E-state index < -0.39 is 23.1 Å². The molecule has 2 aliphatic rings. The van der Waals surface area contributed by atoms with Crippen LogP contribution in [0.5, 0.6) is 0 Å². The zero-order valence-corrected chi connectivity index (χ0v) is 12.7. The maximum absolute atomic E-state index is 12.1. The van der Waals surface area contributed by atoms with Gasteiger partial charge >= 0.3 is 5.97 Å². The molecule has 3 rings (SSSR count). The number of hydrogen-bond donors (Lipinski definition) is 2. The molecule has 0 bridgehead atoms. The Morgan fingerprint density at radius 1 is 1.26 bits per heavy atom. The average molecular weight is 326 g/mol. The van der Waals surface area contributed by atoms with Crippen molar-refractivity contribution in [2.45, 2.75) is 31.2 Å². The smallest absolute Gasteiger partial charge is 0.323 e. The number of carboxylic acids is 1. The van der Waals surface area contributed by atoms with Crippen LogP contribution in [-0.2, 0) is 9.59 Å². The summed E-state index contributed by atoms with van der Waals surface area (Å²) in [5.74, 6) is -2.03. The summed E-state index contributed by atoms with van der Waals surface area (Å²) in [6, 6.07) is 4.55. The number of rotatable bonds is 2. The lowest BCUT2D eigenvalue weighted by Crippen LogP contribution is -2.63. The minimum Gasteiger partial charge on any atom is -0.480 e. The maximum Gasteiger partial charge on any atom is 0.323 e. The van der Waals surface area contributed by atoms with Crippen molar-refractivity contribution in [3.05, 3.63) is 35.9 Å². The van der Waals surface area contributed by atoms with Crippen LogP contribution in [0.15, 0.2) is 24.3 Å². The van der Waals surface area contributed by atoms with E-state index in [2.05, 4.69) is 5.32 Å². The second-order valence-corrected chi connectivity index (χ2v) is 5.78. The molecule has 23 heavy (non-hydrogen) atoms. The highest BCUT2D eigenvalue weighted by molar-refractivity contribution is 5.90. The van der Waals surface area contributed by atoms with Gasteiger partial charge in [0.05, 0.1) is 5.54 Å². The van der Waals surface area contributed by atoms with E-state index in [0.29, 0.717) is 13.1 Å². The fraction of sp³-hybridized carbons (Fsp3) is 0.500. The zero-order chi connectivity index (χ0) is 16.9. The summed E-state index contributed by atoms with van der Waals surface area (Å²) in [5, 5.41) is 12.0. The molecule has 1 heterocycles. The first kappa shape index (κ1) is 17.3. The summed E-state index contributed by atoms with van der Waals surface area (Å²) in [5.41, 5.74) is -0.437. The number of nitrogens with one attached hydrogen (secondary N) is 1. The molecule has 7 heteroatoms. The van der Waals surface area contributed by atoms with Gasteiger partial charge in [0.1, 0.15) is 18.2 Å². The van der Waals surface area contributed by atoms with E-state index in [1.807, 2.05) is 0 Å². The quantitative estimate of drug-likeness (QED) is 0.869. The van der Waals surface area contributed by atoms with E-state index in [4.69, 9.17) is 5.11 Å². The molecule has 1 saturated carbocycles. The molecular formula is C16H20F2N2O3. The Morgan fingerprint density at radius 2 is 1.87 bits per heavy atom. The Hall–Kier alpha value is -2.02. The van der Waals surface area contributed by atoms with E-state index in [1.54, 1.807) is 0 Å². The largest absolute Gasteiger partial charge is 0.480 e. The average Bonchev–Trinajstić information content (AvgIpc) is 2.94. The predicted molar refractivity (Wildman–Crippen MR) is 79.8 cm³/mol. The number of carboxylic acid groups (broad SMARTS) is 1. The highest BCUT2D eigenvalue weighted by Crippen LogP contribution is 2.32. The van der Waals surface area contributed by atoms with Gasteiger partial charge in [-0.1, -0.05) is 18.9 Å². The topological polar surface area (TPSA) is 69.6 Å². The molecular weight excluding hydrogens is 306 g/mol. The first-order valence-corrected chi connectivity index (χ1v) is 7.60. The Kier molecular flexibility index (Phi) is 5.65. The van der Waals surface area contributed by atoms with E-state index >= 15 is 0 Å². The molecule has 0 atom stereocenters. The number of hydrogen-bond acceptors (Lipinski definition) is 3. The second kappa shape index (κ2) is 7.50. The number of aliphatic carboxylic acids is 1. The van der Waals surface area contributed by atoms with Crippen LogP contribution < -0.4 is 5.32 Å². The third-order valence-corrected chi connectivity index (χ3v) is 4.11. The highest BCUT2D eigenvalue weighted by Gasteiger charge is 2.45. The molecule has 0 unspecified atom stereocenters. The number of benzene rings is 1. The van der Waals surface area contributed by atoms with Gasteiger partial charge in [-0.2, -0.15) is 0 Å². The van der Waals surface area contributed by atoms with Gasteiger partial charge in [-0.05, 0) is 25.0 Å². The van der Waals surface area contributed by atoms with Crippen LogP contribution in [0.1, 0.15) is 25.7 Å². The zero-order valence-electron chi connectivity index (χ0n) is 12.7. The Morgan fingerprint density at radius 3 is 2.35 bits per heavy atom. The normalized spacial score (nSPS) is 19.4. The summed E-state index contributed by atoms with van der Waals surface area (Å²) in [6.07, 6.45) is 3.81. The maximum atomic E-state index is 12.1. The number of carbonyl (C=O) groups excluding carboxylic acids is 1. The van der Waals surface area contributed by atoms with Crippen LogP contribution in [0.2, 0.25) is 0 Å². The van der Waals surface area contributed by atoms with Crippen molar-refractivity contribution in [3.8, 4) is 0 Å². The molecule has 1 saturated heterocycles. The standard InChI is InChI=1S/C10H16N2O3.C6H4F2/c13-8(14)7-12-6-5-11-10(9(12)15)3-1-2-4-10;7-5-2-1-3-6(8)4-5/h11H,1-7H2,(H,13,14);1-4H. The minimum atomic E-state index is -0.932. The third kappa shape index (κ3) is 4.48. The van der Waals surface area contributed by atoms with Crippen molar-refractivity contribution in [1.29, 1.82) is 0 Å². The Bertz CT molecular complexity index is 557. The lowest BCUT2D eigenvalue weighted by molar-refractivity contribution is -0.149. The molecule has 2 fully saturated rings. The summed E-state index contributed by atoms with van der Waals surface area (Å²) < 4.78 is 23.9. The van der Waals surface area contributed by atoms with E-state index in [9.17, 15) is 18.4 Å². The van der Waals surface area contributed by atoms with Gasteiger partial charge in [-0.25, -0.2) is 8.78 Å². The first-order chi connectivity index (χ1) is 10.9. The van der Waals surface area contributed by atoms with Crippen molar-refractivity contribution >= 4 is 11.9 Å². The van der Waals surface area contributed by atoms with Crippen LogP contribution in [0, 0.1) is 11.6 Å². The molecule has 5 nitrogen and oxygen atoms in total. The van der Waals surface area contributed by atoms with Crippen LogP contribution in [0.25, 0.3) is 0 Å². The number of halogens is 2. The molecule has 1 aliphatic heterocycles. The summed E-state index contributed by atoms with van der Waals surface area (Å²) in [7, 11) is 0. The lowest BCUT2D eigenvalue weighted by atomic mass is 9.93. The van der Waals surface area contributed by atoms with Crippen LogP contribution in [-0.4, -0.2) is 47.1 Å². The molecule has 0 aromatic heterocycles. The first-order valence-electron chi connectivity index (χ1n) is 7.60. The van der Waals surface area contributed by atoms with Crippen molar-refractivity contribution in [1.82, 2.24) is 10.2 Å². The number of amides is 1. The van der Waals surface area contributed by atoms with Crippen LogP contribution >= 0.6 is 0 Å². The van der Waals surface area contributed by atoms with Crippen molar-refractivity contribution < 1.29 is 23.5 Å². The second-order valence-electron chi connectivity index (χ2n) is 5.78. The molecule has 1 spiro atoms. The van der Waals surface area contributed by atoms with E-state index in [1.165, 1.54) is 23.1 Å². The van der Waals surface area contributed by atoms with Gasteiger partial charge in [0.25, 0.3) is 0 Å². The number of piperazine rings is 1. The van der Waals surface area contributed by atoms with Gasteiger partial charge in [-0.15, -0.1) is 0 Å². The lowest BCUT2D eigenvalue weighted by Gasteiger charge is -2.39. The molecule has 1 aromatic rings.